The second-order valence-corrected chi connectivity index (χ2v) is 7.41. The number of aliphatic imine (C=N–C) groups is 1. The molecule has 0 spiro atoms. The Labute approximate surface area is 159 Å². The van der Waals surface area contributed by atoms with E-state index in [1.807, 2.05) is 23.5 Å². The summed E-state index contributed by atoms with van der Waals surface area (Å²) in [5.41, 5.74) is 1.06. The molecule has 1 atom stereocenters. The second kappa shape index (κ2) is 10.8. The quantitative estimate of drug-likeness (QED) is 0.400. The Balaban J connectivity index is 1.77. The molecule has 2 heterocycles. The highest BCUT2D eigenvalue weighted by Crippen LogP contribution is 2.16. The second-order valence-electron chi connectivity index (χ2n) is 6.03. The molecule has 6 nitrogen and oxygen atoms in total. The van der Waals surface area contributed by atoms with Crippen molar-refractivity contribution in [2.75, 3.05) is 27.4 Å². The molecule has 0 saturated heterocycles. The molecular weight excluding hydrogens is 348 g/mol. The molecule has 0 fully saturated rings. The third-order valence-electron chi connectivity index (χ3n) is 3.71. The molecule has 0 amide bonds. The highest BCUT2D eigenvalue weighted by molar-refractivity contribution is 7.11. The zero-order valence-corrected chi connectivity index (χ0v) is 16.7. The Morgan fingerprint density at radius 2 is 2.12 bits per heavy atom. The lowest BCUT2D eigenvalue weighted by atomic mass is 10.2. The van der Waals surface area contributed by atoms with Gasteiger partial charge >= 0.3 is 0 Å². The van der Waals surface area contributed by atoms with Crippen molar-refractivity contribution in [2.24, 2.45) is 4.99 Å². The van der Waals surface area contributed by atoms with E-state index in [0.29, 0.717) is 31.7 Å². The molecule has 0 radical (unpaired) electrons. The fourth-order valence-electron chi connectivity index (χ4n) is 2.39. The standard InChI is InChI=1S/C19H28N4O2S/c1-14(11-17-7-5-15(2)26-17)23-19(20-3)22-13-16-6-8-18(21-12-16)25-10-9-24-4/h5-8,12,14H,9-11,13H2,1-4H3,(H2,20,22,23). The molecule has 0 bridgehead atoms. The van der Waals surface area contributed by atoms with Gasteiger partial charge in [0.05, 0.1) is 6.61 Å². The zero-order chi connectivity index (χ0) is 18.8. The highest BCUT2D eigenvalue weighted by Gasteiger charge is 2.08. The number of nitrogens with zero attached hydrogens (tertiary/aromatic N) is 2. The molecule has 0 aliphatic rings. The van der Waals surface area contributed by atoms with Crippen LogP contribution in [0.15, 0.2) is 35.5 Å². The molecule has 2 N–H and O–H groups in total. The van der Waals surface area contributed by atoms with Crippen LogP contribution in [0, 0.1) is 6.92 Å². The number of guanidine groups is 1. The van der Waals surface area contributed by atoms with Gasteiger partial charge in [-0.05, 0) is 31.5 Å². The molecule has 26 heavy (non-hydrogen) atoms. The van der Waals surface area contributed by atoms with E-state index in [2.05, 4.69) is 46.6 Å². The summed E-state index contributed by atoms with van der Waals surface area (Å²) in [5, 5.41) is 6.75. The Morgan fingerprint density at radius 3 is 2.73 bits per heavy atom. The van der Waals surface area contributed by atoms with E-state index in [4.69, 9.17) is 9.47 Å². The summed E-state index contributed by atoms with van der Waals surface area (Å²) in [7, 11) is 3.43. The molecule has 7 heteroatoms. The van der Waals surface area contributed by atoms with Gasteiger partial charge in [0, 0.05) is 55.2 Å². The van der Waals surface area contributed by atoms with Crippen molar-refractivity contribution in [3.8, 4) is 5.88 Å². The van der Waals surface area contributed by atoms with Gasteiger partial charge in [-0.15, -0.1) is 11.3 Å². The number of hydrogen-bond acceptors (Lipinski definition) is 5. The number of hydrogen-bond donors (Lipinski definition) is 2. The average Bonchev–Trinajstić information content (AvgIpc) is 3.04. The van der Waals surface area contributed by atoms with Crippen molar-refractivity contribution in [3.63, 3.8) is 0 Å². The third-order valence-corrected chi connectivity index (χ3v) is 4.73. The average molecular weight is 377 g/mol. The van der Waals surface area contributed by atoms with Crippen LogP contribution >= 0.6 is 11.3 Å². The van der Waals surface area contributed by atoms with Crippen LogP contribution in [0.5, 0.6) is 5.88 Å². The maximum Gasteiger partial charge on any atom is 0.213 e. The van der Waals surface area contributed by atoms with Crippen molar-refractivity contribution in [2.45, 2.75) is 32.9 Å². The Bertz CT molecular complexity index is 685. The van der Waals surface area contributed by atoms with Gasteiger partial charge < -0.3 is 20.1 Å². The van der Waals surface area contributed by atoms with Crippen LogP contribution in [-0.2, 0) is 17.7 Å². The highest BCUT2D eigenvalue weighted by atomic mass is 32.1. The fourth-order valence-corrected chi connectivity index (χ4v) is 3.41. The number of methoxy groups -OCH3 is 1. The summed E-state index contributed by atoms with van der Waals surface area (Å²) in [6.07, 6.45) is 2.79. The normalized spacial score (nSPS) is 12.7. The number of aromatic nitrogens is 1. The fraction of sp³-hybridized carbons (Fsp3) is 0.474. The van der Waals surface area contributed by atoms with Gasteiger partial charge in [-0.1, -0.05) is 6.07 Å². The molecule has 0 aliphatic carbocycles. The first-order chi connectivity index (χ1) is 12.6. The molecular formula is C19H28N4O2S. The molecule has 2 rings (SSSR count). The van der Waals surface area contributed by atoms with Crippen LogP contribution in [-0.4, -0.2) is 44.4 Å². The summed E-state index contributed by atoms with van der Waals surface area (Å²) in [5.74, 6) is 1.39. The maximum atomic E-state index is 5.47. The Morgan fingerprint density at radius 1 is 1.27 bits per heavy atom. The van der Waals surface area contributed by atoms with Gasteiger partial charge in [0.25, 0.3) is 0 Å². The van der Waals surface area contributed by atoms with Crippen LogP contribution in [0.1, 0.15) is 22.2 Å². The van der Waals surface area contributed by atoms with Crippen LogP contribution in [0.2, 0.25) is 0 Å². The van der Waals surface area contributed by atoms with Crippen LogP contribution in [0.4, 0.5) is 0 Å². The van der Waals surface area contributed by atoms with E-state index >= 15 is 0 Å². The molecule has 1 unspecified atom stereocenters. The van der Waals surface area contributed by atoms with Crippen molar-refractivity contribution < 1.29 is 9.47 Å². The molecule has 2 aromatic rings. The summed E-state index contributed by atoms with van der Waals surface area (Å²) >= 11 is 1.84. The van der Waals surface area contributed by atoms with E-state index in [0.717, 1.165) is 17.9 Å². The van der Waals surface area contributed by atoms with Gasteiger partial charge in [0.1, 0.15) is 6.61 Å². The summed E-state index contributed by atoms with van der Waals surface area (Å²) in [6.45, 7) is 6.00. The first-order valence-electron chi connectivity index (χ1n) is 8.70. The number of aryl methyl sites for hydroxylation is 1. The largest absolute Gasteiger partial charge is 0.475 e. The number of pyridine rings is 1. The number of thiophene rings is 1. The lowest BCUT2D eigenvalue weighted by molar-refractivity contribution is 0.143. The Hall–Kier alpha value is -2.12. The topological polar surface area (TPSA) is 67.8 Å². The van der Waals surface area contributed by atoms with Crippen LogP contribution in [0.3, 0.4) is 0 Å². The zero-order valence-electron chi connectivity index (χ0n) is 15.9. The van der Waals surface area contributed by atoms with Gasteiger partial charge in [0.15, 0.2) is 5.96 Å². The number of rotatable bonds is 9. The lowest BCUT2D eigenvalue weighted by Crippen LogP contribution is -2.42. The van der Waals surface area contributed by atoms with Crippen molar-refractivity contribution in [1.29, 1.82) is 0 Å². The Kier molecular flexibility index (Phi) is 8.37. The van der Waals surface area contributed by atoms with Gasteiger partial charge in [-0.2, -0.15) is 0 Å². The van der Waals surface area contributed by atoms with Gasteiger partial charge in [-0.3, -0.25) is 4.99 Å². The number of ether oxygens (including phenoxy) is 2. The third kappa shape index (κ3) is 7.01. The van der Waals surface area contributed by atoms with E-state index < -0.39 is 0 Å². The molecule has 0 aromatic carbocycles. The molecule has 0 aliphatic heterocycles. The predicted molar refractivity (Wildman–Crippen MR) is 107 cm³/mol. The van der Waals surface area contributed by atoms with E-state index in [-0.39, 0.29) is 0 Å². The SMILES string of the molecule is CN=C(NCc1ccc(OCCOC)nc1)NC(C)Cc1ccc(C)s1. The van der Waals surface area contributed by atoms with Crippen molar-refractivity contribution in [1.82, 2.24) is 15.6 Å². The minimum Gasteiger partial charge on any atom is -0.475 e. The minimum atomic E-state index is 0.300. The predicted octanol–water partition coefficient (Wildman–Crippen LogP) is 2.77. The first kappa shape index (κ1) is 20.2. The monoisotopic (exact) mass is 376 g/mol. The van der Waals surface area contributed by atoms with E-state index in [9.17, 15) is 0 Å². The van der Waals surface area contributed by atoms with Crippen LogP contribution < -0.4 is 15.4 Å². The maximum absolute atomic E-state index is 5.47. The van der Waals surface area contributed by atoms with E-state index in [1.54, 1.807) is 20.4 Å². The molecule has 2 aromatic heterocycles. The van der Waals surface area contributed by atoms with Crippen molar-refractivity contribution in [3.05, 3.63) is 45.8 Å². The molecule has 0 saturated carbocycles. The lowest BCUT2D eigenvalue weighted by Gasteiger charge is -2.17. The van der Waals surface area contributed by atoms with Gasteiger partial charge in [0.2, 0.25) is 5.88 Å². The molecule has 142 valence electrons. The summed E-state index contributed by atoms with van der Waals surface area (Å²) in [6, 6.07) is 8.51. The first-order valence-corrected chi connectivity index (χ1v) is 9.51. The van der Waals surface area contributed by atoms with Crippen LogP contribution in [0.25, 0.3) is 0 Å². The smallest absolute Gasteiger partial charge is 0.213 e. The van der Waals surface area contributed by atoms with Crippen molar-refractivity contribution >= 4 is 17.3 Å². The summed E-state index contributed by atoms with van der Waals surface area (Å²) in [4.78, 5) is 11.3. The number of nitrogens with one attached hydrogen (secondary N) is 2. The minimum absolute atomic E-state index is 0.300. The summed E-state index contributed by atoms with van der Waals surface area (Å²) < 4.78 is 10.4. The van der Waals surface area contributed by atoms with Gasteiger partial charge in [-0.25, -0.2) is 4.98 Å². The van der Waals surface area contributed by atoms with E-state index in [1.165, 1.54) is 9.75 Å².